The number of halogens is 1. The zero-order chi connectivity index (χ0) is 13.7. The number of carbonyl (C=O) groups excluding carboxylic acids is 1. The largest absolute Gasteiger partial charge is 0.381 e. The molecule has 6 nitrogen and oxygen atoms in total. The van der Waals surface area contributed by atoms with Gasteiger partial charge in [-0.25, -0.2) is 10.8 Å². The van der Waals surface area contributed by atoms with Gasteiger partial charge in [0.05, 0.1) is 17.2 Å². The molecule has 2 rings (SSSR count). The van der Waals surface area contributed by atoms with Gasteiger partial charge in [-0.05, 0) is 24.8 Å². The van der Waals surface area contributed by atoms with Crippen molar-refractivity contribution in [3.8, 4) is 0 Å². The molecule has 19 heavy (non-hydrogen) atoms. The number of hydrogen-bond donors (Lipinski definition) is 3. The van der Waals surface area contributed by atoms with Crippen molar-refractivity contribution in [2.24, 2.45) is 11.8 Å². The number of anilines is 1. The third kappa shape index (κ3) is 3.79. The molecule has 1 atom stereocenters. The first-order valence-corrected chi connectivity index (χ1v) is 6.56. The minimum Gasteiger partial charge on any atom is -0.381 e. The number of hydrazine groups is 1. The van der Waals surface area contributed by atoms with E-state index in [0.29, 0.717) is 35.5 Å². The summed E-state index contributed by atoms with van der Waals surface area (Å²) in [5, 5.41) is 3.18. The van der Waals surface area contributed by atoms with Crippen molar-refractivity contribution in [2.75, 3.05) is 25.2 Å². The lowest BCUT2D eigenvalue weighted by Crippen LogP contribution is -2.33. The fourth-order valence-electron chi connectivity index (χ4n) is 1.98. The number of ether oxygens (including phenoxy) is 1. The fraction of sp³-hybridized carbons (Fsp3) is 0.500. The SMILES string of the molecule is NNc1ncc(C(=O)NCC2CCCOC2)cc1Cl. The van der Waals surface area contributed by atoms with Crippen LogP contribution in [0.2, 0.25) is 5.02 Å². The number of hydrogen-bond acceptors (Lipinski definition) is 5. The molecule has 104 valence electrons. The molecular weight excluding hydrogens is 268 g/mol. The third-order valence-electron chi connectivity index (χ3n) is 3.05. The van der Waals surface area contributed by atoms with Crippen molar-refractivity contribution in [1.82, 2.24) is 10.3 Å². The van der Waals surface area contributed by atoms with Crippen LogP contribution in [0.4, 0.5) is 5.82 Å². The first-order chi connectivity index (χ1) is 9.20. The summed E-state index contributed by atoms with van der Waals surface area (Å²) in [5.74, 6) is 5.76. The molecule has 0 aromatic carbocycles. The van der Waals surface area contributed by atoms with Gasteiger partial charge in [0.15, 0.2) is 5.82 Å². The van der Waals surface area contributed by atoms with Crippen LogP contribution in [0.1, 0.15) is 23.2 Å². The molecule has 0 radical (unpaired) electrons. The number of nitrogens with one attached hydrogen (secondary N) is 2. The summed E-state index contributed by atoms with van der Waals surface area (Å²) in [6.45, 7) is 2.13. The monoisotopic (exact) mass is 284 g/mol. The summed E-state index contributed by atoms with van der Waals surface area (Å²) < 4.78 is 5.36. The second kappa shape index (κ2) is 6.70. The van der Waals surface area contributed by atoms with Gasteiger partial charge in [0.25, 0.3) is 5.91 Å². The van der Waals surface area contributed by atoms with E-state index in [0.717, 1.165) is 19.4 Å². The van der Waals surface area contributed by atoms with E-state index in [4.69, 9.17) is 22.2 Å². The zero-order valence-corrected chi connectivity index (χ0v) is 11.2. The lowest BCUT2D eigenvalue weighted by molar-refractivity contribution is 0.0536. The van der Waals surface area contributed by atoms with Crippen molar-refractivity contribution in [3.63, 3.8) is 0 Å². The smallest absolute Gasteiger partial charge is 0.252 e. The number of amides is 1. The Balaban J connectivity index is 1.90. The van der Waals surface area contributed by atoms with Crippen molar-refractivity contribution < 1.29 is 9.53 Å². The van der Waals surface area contributed by atoms with Crippen LogP contribution in [-0.4, -0.2) is 30.6 Å². The van der Waals surface area contributed by atoms with Gasteiger partial charge in [-0.3, -0.25) is 4.79 Å². The number of pyridine rings is 1. The number of nitrogens with zero attached hydrogens (tertiary/aromatic N) is 1. The Morgan fingerprint density at radius 2 is 2.47 bits per heavy atom. The van der Waals surface area contributed by atoms with Gasteiger partial charge in [-0.2, -0.15) is 0 Å². The molecule has 0 saturated carbocycles. The number of aromatic nitrogens is 1. The maximum absolute atomic E-state index is 11.9. The summed E-state index contributed by atoms with van der Waals surface area (Å²) in [4.78, 5) is 15.9. The van der Waals surface area contributed by atoms with Crippen LogP contribution in [0.3, 0.4) is 0 Å². The quantitative estimate of drug-likeness (QED) is 0.571. The maximum Gasteiger partial charge on any atom is 0.252 e. The Morgan fingerprint density at radius 3 is 3.11 bits per heavy atom. The minimum atomic E-state index is -0.191. The summed E-state index contributed by atoms with van der Waals surface area (Å²) in [5.41, 5.74) is 2.77. The normalized spacial score (nSPS) is 18.9. The van der Waals surface area contributed by atoms with Crippen LogP contribution < -0.4 is 16.6 Å². The molecule has 4 N–H and O–H groups in total. The molecule has 1 fully saturated rings. The van der Waals surface area contributed by atoms with Crippen LogP contribution in [0.15, 0.2) is 12.3 Å². The van der Waals surface area contributed by atoms with E-state index in [1.54, 1.807) is 0 Å². The summed E-state index contributed by atoms with van der Waals surface area (Å²) >= 11 is 5.92. The number of nitrogen functional groups attached to an aromatic ring is 1. The Bertz CT molecular complexity index is 449. The Labute approximate surface area is 116 Å². The Morgan fingerprint density at radius 1 is 1.63 bits per heavy atom. The van der Waals surface area contributed by atoms with Crippen LogP contribution >= 0.6 is 11.6 Å². The second-order valence-corrected chi connectivity index (χ2v) is 4.90. The molecule has 1 saturated heterocycles. The first-order valence-electron chi connectivity index (χ1n) is 6.19. The predicted molar refractivity (Wildman–Crippen MR) is 72.9 cm³/mol. The fourth-order valence-corrected chi connectivity index (χ4v) is 2.20. The van der Waals surface area contributed by atoms with Gasteiger partial charge in [0, 0.05) is 19.3 Å². The van der Waals surface area contributed by atoms with E-state index in [1.807, 2.05) is 0 Å². The average molecular weight is 285 g/mol. The van der Waals surface area contributed by atoms with Gasteiger partial charge in [0.1, 0.15) is 0 Å². The van der Waals surface area contributed by atoms with Crippen LogP contribution in [0.5, 0.6) is 0 Å². The number of carbonyl (C=O) groups is 1. The van der Waals surface area contributed by atoms with E-state index >= 15 is 0 Å². The van der Waals surface area contributed by atoms with Gasteiger partial charge in [-0.1, -0.05) is 11.6 Å². The van der Waals surface area contributed by atoms with Gasteiger partial charge < -0.3 is 15.5 Å². The average Bonchev–Trinajstić information content (AvgIpc) is 2.45. The standard InChI is InChI=1S/C12H17ClN4O2/c13-10-4-9(6-15-11(10)17-14)12(18)16-5-8-2-1-3-19-7-8/h4,6,8H,1-3,5,7,14H2,(H,15,17)(H,16,18). The van der Waals surface area contributed by atoms with Crippen molar-refractivity contribution in [3.05, 3.63) is 22.8 Å². The van der Waals surface area contributed by atoms with Crippen LogP contribution in [-0.2, 0) is 4.74 Å². The van der Waals surface area contributed by atoms with E-state index < -0.39 is 0 Å². The highest BCUT2D eigenvalue weighted by atomic mass is 35.5. The van der Waals surface area contributed by atoms with Crippen LogP contribution in [0.25, 0.3) is 0 Å². The zero-order valence-electron chi connectivity index (χ0n) is 10.5. The lowest BCUT2D eigenvalue weighted by Gasteiger charge is -2.22. The highest BCUT2D eigenvalue weighted by Gasteiger charge is 2.16. The molecular formula is C12H17ClN4O2. The molecule has 1 aliphatic rings. The summed E-state index contributed by atoms with van der Waals surface area (Å²) in [7, 11) is 0. The van der Waals surface area contributed by atoms with E-state index in [2.05, 4.69) is 15.7 Å². The molecule has 0 bridgehead atoms. The molecule has 0 spiro atoms. The first kappa shape index (κ1) is 14.0. The highest BCUT2D eigenvalue weighted by Crippen LogP contribution is 2.19. The number of nitrogens with two attached hydrogens (primary N) is 1. The molecule has 0 aliphatic carbocycles. The maximum atomic E-state index is 11.9. The highest BCUT2D eigenvalue weighted by molar-refractivity contribution is 6.33. The summed E-state index contributed by atoms with van der Waals surface area (Å²) in [6.07, 6.45) is 3.56. The van der Waals surface area contributed by atoms with Gasteiger partial charge >= 0.3 is 0 Å². The second-order valence-electron chi connectivity index (χ2n) is 4.49. The van der Waals surface area contributed by atoms with E-state index in [1.165, 1.54) is 12.3 Å². The molecule has 1 aliphatic heterocycles. The minimum absolute atomic E-state index is 0.191. The summed E-state index contributed by atoms with van der Waals surface area (Å²) in [6, 6.07) is 1.54. The third-order valence-corrected chi connectivity index (χ3v) is 3.33. The molecule has 1 amide bonds. The van der Waals surface area contributed by atoms with Gasteiger partial charge in [-0.15, -0.1) is 0 Å². The molecule has 7 heteroatoms. The Kier molecular flexibility index (Phi) is 4.95. The lowest BCUT2D eigenvalue weighted by atomic mass is 10.0. The van der Waals surface area contributed by atoms with Crippen molar-refractivity contribution >= 4 is 23.3 Å². The van der Waals surface area contributed by atoms with Crippen molar-refractivity contribution in [2.45, 2.75) is 12.8 Å². The van der Waals surface area contributed by atoms with Crippen molar-refractivity contribution in [1.29, 1.82) is 0 Å². The number of rotatable bonds is 4. The topological polar surface area (TPSA) is 89.3 Å². The Hall–Kier alpha value is -1.37. The van der Waals surface area contributed by atoms with E-state index in [-0.39, 0.29) is 5.91 Å². The molecule has 1 aromatic rings. The van der Waals surface area contributed by atoms with E-state index in [9.17, 15) is 4.79 Å². The molecule has 2 heterocycles. The molecule has 1 aromatic heterocycles. The van der Waals surface area contributed by atoms with Gasteiger partial charge in [0.2, 0.25) is 0 Å². The molecule has 1 unspecified atom stereocenters. The van der Waals surface area contributed by atoms with Crippen LogP contribution in [0, 0.1) is 5.92 Å². The predicted octanol–water partition coefficient (Wildman–Crippen LogP) is 1.18.